The fourth-order valence-corrected chi connectivity index (χ4v) is 1.32. The zero-order valence-corrected chi connectivity index (χ0v) is 9.30. The Kier molecular flexibility index (Phi) is 3.20. The van der Waals surface area contributed by atoms with Gasteiger partial charge in [0.1, 0.15) is 0 Å². The molecule has 0 aromatic carbocycles. The summed E-state index contributed by atoms with van der Waals surface area (Å²) in [4.78, 5) is 10.6. The third-order valence-corrected chi connectivity index (χ3v) is 3.10. The molecule has 82 valence electrons. The number of carbonyl (C=O) groups is 1. The van der Waals surface area contributed by atoms with Gasteiger partial charge in [0.2, 0.25) is 0 Å². The van der Waals surface area contributed by atoms with E-state index in [9.17, 15) is 4.79 Å². The van der Waals surface area contributed by atoms with Crippen LogP contribution in [0.2, 0.25) is 0 Å². The minimum absolute atomic E-state index is 0.0434. The third-order valence-electron chi connectivity index (χ3n) is 3.10. The smallest absolute Gasteiger partial charge is 0.303 e. The van der Waals surface area contributed by atoms with Gasteiger partial charge in [0.25, 0.3) is 0 Å². The lowest BCUT2D eigenvalue weighted by Gasteiger charge is -2.26. The molecule has 3 heteroatoms. The van der Waals surface area contributed by atoms with Crippen molar-refractivity contribution in [3.63, 3.8) is 0 Å². The van der Waals surface area contributed by atoms with Crippen molar-refractivity contribution in [3.05, 3.63) is 0 Å². The average molecular weight is 200 g/mol. The second kappa shape index (κ2) is 3.89. The predicted molar refractivity (Wildman–Crippen MR) is 54.2 cm³/mol. The molecule has 0 aliphatic heterocycles. The normalized spacial score (nSPS) is 19.4. The average Bonchev–Trinajstić information content (AvgIpc) is 2.82. The molecule has 1 fully saturated rings. The highest BCUT2D eigenvalue weighted by molar-refractivity contribution is 5.68. The van der Waals surface area contributed by atoms with Crippen LogP contribution in [0.4, 0.5) is 0 Å². The number of hydrogen-bond acceptors (Lipinski definition) is 2. The van der Waals surface area contributed by atoms with E-state index < -0.39 is 5.97 Å². The summed E-state index contributed by atoms with van der Waals surface area (Å²) in [7, 11) is 0. The minimum Gasteiger partial charge on any atom is -0.481 e. The maximum atomic E-state index is 10.6. The number of hydrogen-bond donors (Lipinski definition) is 1. The molecule has 1 saturated carbocycles. The maximum Gasteiger partial charge on any atom is 0.303 e. The first-order chi connectivity index (χ1) is 6.39. The van der Waals surface area contributed by atoms with Gasteiger partial charge < -0.3 is 9.84 Å². The largest absolute Gasteiger partial charge is 0.481 e. The number of aliphatic carboxylic acids is 1. The molecule has 1 aliphatic carbocycles. The number of rotatable bonds is 6. The zero-order valence-electron chi connectivity index (χ0n) is 9.30. The van der Waals surface area contributed by atoms with Crippen molar-refractivity contribution in [2.45, 2.75) is 52.1 Å². The third kappa shape index (κ3) is 3.29. The molecule has 0 amide bonds. The highest BCUT2D eigenvalue weighted by Crippen LogP contribution is 2.49. The first-order valence-electron chi connectivity index (χ1n) is 5.25. The quantitative estimate of drug-likeness (QED) is 0.716. The van der Waals surface area contributed by atoms with Gasteiger partial charge in [-0.1, -0.05) is 6.92 Å². The van der Waals surface area contributed by atoms with E-state index in [1.807, 2.05) is 13.8 Å². The van der Waals surface area contributed by atoms with Gasteiger partial charge in [-0.05, 0) is 33.1 Å². The van der Waals surface area contributed by atoms with E-state index in [0.717, 1.165) is 19.3 Å². The van der Waals surface area contributed by atoms with Crippen LogP contribution in [0.15, 0.2) is 0 Å². The van der Waals surface area contributed by atoms with E-state index in [1.54, 1.807) is 0 Å². The van der Waals surface area contributed by atoms with Gasteiger partial charge in [-0.15, -0.1) is 0 Å². The van der Waals surface area contributed by atoms with Crippen LogP contribution in [-0.4, -0.2) is 23.3 Å². The highest BCUT2D eigenvalue weighted by Gasteiger charge is 2.45. The van der Waals surface area contributed by atoms with E-state index >= 15 is 0 Å². The minimum atomic E-state index is -0.708. The van der Waals surface area contributed by atoms with Gasteiger partial charge in [0.15, 0.2) is 0 Å². The molecule has 0 bridgehead atoms. The number of carboxylic acids is 1. The van der Waals surface area contributed by atoms with Crippen molar-refractivity contribution in [1.29, 1.82) is 0 Å². The Morgan fingerprint density at radius 1 is 1.50 bits per heavy atom. The van der Waals surface area contributed by atoms with Crippen LogP contribution in [-0.2, 0) is 9.53 Å². The summed E-state index contributed by atoms with van der Waals surface area (Å²) >= 11 is 0. The Hall–Kier alpha value is -0.570. The number of ether oxygens (including phenoxy) is 1. The van der Waals surface area contributed by atoms with E-state index in [1.165, 1.54) is 0 Å². The van der Waals surface area contributed by atoms with Crippen LogP contribution in [0.25, 0.3) is 0 Å². The van der Waals surface area contributed by atoms with E-state index in [-0.39, 0.29) is 17.4 Å². The fourth-order valence-electron chi connectivity index (χ4n) is 1.32. The molecule has 14 heavy (non-hydrogen) atoms. The van der Waals surface area contributed by atoms with Crippen molar-refractivity contribution in [3.8, 4) is 0 Å². The first kappa shape index (κ1) is 11.5. The molecule has 0 atom stereocenters. The van der Waals surface area contributed by atoms with Crippen LogP contribution in [0.3, 0.4) is 0 Å². The summed E-state index contributed by atoms with van der Waals surface area (Å²) in [5, 5.41) is 8.72. The molecule has 0 aromatic heterocycles. The SMILES string of the molecule is CCC(C)(C)OCC1(CC(=O)O)CC1. The van der Waals surface area contributed by atoms with Gasteiger partial charge in [-0.3, -0.25) is 4.79 Å². The van der Waals surface area contributed by atoms with Gasteiger partial charge in [0.05, 0.1) is 18.6 Å². The Bertz CT molecular complexity index is 217. The Labute approximate surface area is 85.5 Å². The van der Waals surface area contributed by atoms with Crippen molar-refractivity contribution in [2.75, 3.05) is 6.61 Å². The van der Waals surface area contributed by atoms with Crippen LogP contribution in [0, 0.1) is 5.41 Å². The molecule has 0 saturated heterocycles. The second-order valence-corrected chi connectivity index (χ2v) is 4.97. The molecule has 1 N–H and O–H groups in total. The highest BCUT2D eigenvalue weighted by atomic mass is 16.5. The lowest BCUT2D eigenvalue weighted by atomic mass is 10.0. The summed E-state index contributed by atoms with van der Waals surface area (Å²) in [6.07, 6.45) is 3.21. The van der Waals surface area contributed by atoms with Crippen molar-refractivity contribution in [1.82, 2.24) is 0 Å². The van der Waals surface area contributed by atoms with Crippen molar-refractivity contribution in [2.24, 2.45) is 5.41 Å². The lowest BCUT2D eigenvalue weighted by molar-refractivity contribution is -0.140. The lowest BCUT2D eigenvalue weighted by Crippen LogP contribution is -2.28. The van der Waals surface area contributed by atoms with Gasteiger partial charge >= 0.3 is 5.97 Å². The van der Waals surface area contributed by atoms with Gasteiger partial charge in [-0.25, -0.2) is 0 Å². The molecule has 0 heterocycles. The first-order valence-corrected chi connectivity index (χ1v) is 5.25. The number of carboxylic acid groups (broad SMARTS) is 1. The molecule has 0 aromatic rings. The Balaban J connectivity index is 2.34. The van der Waals surface area contributed by atoms with Crippen LogP contribution >= 0.6 is 0 Å². The topological polar surface area (TPSA) is 46.5 Å². The van der Waals surface area contributed by atoms with Gasteiger partial charge in [0, 0.05) is 5.41 Å². The monoisotopic (exact) mass is 200 g/mol. The molecular formula is C11H20O3. The second-order valence-electron chi connectivity index (χ2n) is 4.97. The summed E-state index contributed by atoms with van der Waals surface area (Å²) in [6.45, 7) is 6.77. The molecule has 0 radical (unpaired) electrons. The Morgan fingerprint density at radius 3 is 2.43 bits per heavy atom. The van der Waals surface area contributed by atoms with Crippen LogP contribution in [0.5, 0.6) is 0 Å². The summed E-state index contributed by atoms with van der Waals surface area (Å²) in [5.74, 6) is -0.708. The molecule has 1 aliphatic rings. The van der Waals surface area contributed by atoms with Crippen LogP contribution in [0.1, 0.15) is 46.5 Å². The van der Waals surface area contributed by atoms with Crippen molar-refractivity contribution < 1.29 is 14.6 Å². The van der Waals surface area contributed by atoms with E-state index in [0.29, 0.717) is 6.61 Å². The van der Waals surface area contributed by atoms with Gasteiger partial charge in [-0.2, -0.15) is 0 Å². The summed E-state index contributed by atoms with van der Waals surface area (Å²) in [6, 6.07) is 0. The molecule has 3 nitrogen and oxygen atoms in total. The fraction of sp³-hybridized carbons (Fsp3) is 0.909. The Morgan fingerprint density at radius 2 is 2.07 bits per heavy atom. The standard InChI is InChI=1S/C11H20O3/c1-4-10(2,3)14-8-11(5-6-11)7-9(12)13/h4-8H2,1-3H3,(H,12,13). The molecule has 0 unspecified atom stereocenters. The van der Waals surface area contributed by atoms with Crippen molar-refractivity contribution >= 4 is 5.97 Å². The maximum absolute atomic E-state index is 10.6. The van der Waals surface area contributed by atoms with Crippen LogP contribution < -0.4 is 0 Å². The molecular weight excluding hydrogens is 180 g/mol. The summed E-state index contributed by atoms with van der Waals surface area (Å²) in [5.41, 5.74) is -0.160. The molecule has 0 spiro atoms. The van der Waals surface area contributed by atoms with E-state index in [2.05, 4.69) is 6.92 Å². The predicted octanol–water partition coefficient (Wildman–Crippen LogP) is 2.45. The summed E-state index contributed by atoms with van der Waals surface area (Å²) < 4.78 is 5.74. The zero-order chi connectivity index (χ0) is 10.8. The van der Waals surface area contributed by atoms with E-state index in [4.69, 9.17) is 9.84 Å². The molecule has 1 rings (SSSR count).